The van der Waals surface area contributed by atoms with Gasteiger partial charge in [0.25, 0.3) is 0 Å². The molecule has 0 aromatic rings. The van der Waals surface area contributed by atoms with Crippen LogP contribution >= 0.6 is 0 Å². The van der Waals surface area contributed by atoms with E-state index in [1.165, 1.54) is 6.92 Å². The van der Waals surface area contributed by atoms with Crippen molar-refractivity contribution in [3.8, 4) is 6.07 Å². The molecule has 0 saturated carbocycles. The monoisotopic (exact) mass is 169 g/mol. The zero-order valence-corrected chi connectivity index (χ0v) is 7.74. The number of nitriles is 1. The smallest absolute Gasteiger partial charge is 0.0587 e. The van der Waals surface area contributed by atoms with Crippen LogP contribution in [0.5, 0.6) is 0 Å². The molecule has 4 N–H and O–H groups in total. The molecule has 72 valence electrons. The first-order chi connectivity index (χ1) is 5.41. The van der Waals surface area contributed by atoms with Crippen molar-refractivity contribution in [3.05, 3.63) is 0 Å². The number of aliphatic hydroxyl groups excluding tert-OH is 4. The lowest BCUT2D eigenvalue weighted by atomic mass is 11.0. The molecule has 0 aliphatic heterocycles. The molecule has 0 heterocycles. The zero-order chi connectivity index (χ0) is 10.7. The first-order valence-corrected chi connectivity index (χ1v) is 2.51. The van der Waals surface area contributed by atoms with Crippen LogP contribution in [-0.2, 0) is 0 Å². The summed E-state index contributed by atoms with van der Waals surface area (Å²) in [6, 6.07) is 1.75. The normalized spacial score (nSPS) is 2.91. The number of hydrogen-bond donors (Lipinski definition) is 4. The minimum absolute atomic E-state index is 1.00. The minimum Gasteiger partial charge on any atom is -0.400 e. The van der Waals surface area contributed by atoms with E-state index < -0.39 is 0 Å². The van der Waals surface area contributed by atoms with Crippen molar-refractivity contribution in [2.75, 3.05) is 28.4 Å². The van der Waals surface area contributed by atoms with Crippen LogP contribution in [0.15, 0.2) is 0 Å². The van der Waals surface area contributed by atoms with Crippen LogP contribution in [0.25, 0.3) is 0 Å². The minimum atomic E-state index is 1.00. The maximum absolute atomic E-state index is 7.32. The summed E-state index contributed by atoms with van der Waals surface area (Å²) in [5.41, 5.74) is 0. The average molecular weight is 169 g/mol. The van der Waals surface area contributed by atoms with Gasteiger partial charge in [-0.1, -0.05) is 0 Å². The molecule has 0 fully saturated rings. The highest BCUT2D eigenvalue weighted by molar-refractivity contribution is 4.51. The van der Waals surface area contributed by atoms with Gasteiger partial charge < -0.3 is 20.4 Å². The molecule has 0 unspecified atom stereocenters. The lowest BCUT2D eigenvalue weighted by molar-refractivity contribution is 0.399. The highest BCUT2D eigenvalue weighted by Gasteiger charge is 1.17. The van der Waals surface area contributed by atoms with E-state index >= 15 is 0 Å². The molecule has 0 saturated heterocycles. The van der Waals surface area contributed by atoms with Gasteiger partial charge >= 0.3 is 0 Å². The van der Waals surface area contributed by atoms with Gasteiger partial charge in [-0.2, -0.15) is 5.26 Å². The van der Waals surface area contributed by atoms with Gasteiger partial charge in [-0.15, -0.1) is 0 Å². The number of nitrogens with zero attached hydrogens (tertiary/aromatic N) is 1. The second-order valence-electron chi connectivity index (χ2n) is 0.224. The summed E-state index contributed by atoms with van der Waals surface area (Å²) in [5, 5.41) is 35.3. The molecule has 0 spiro atoms. The first-order valence-electron chi connectivity index (χ1n) is 2.51. The van der Waals surface area contributed by atoms with Gasteiger partial charge in [0.15, 0.2) is 0 Å². The SMILES string of the molecule is CC#N.CO.CO.CO.CO. The van der Waals surface area contributed by atoms with Crippen molar-refractivity contribution in [2.45, 2.75) is 6.92 Å². The van der Waals surface area contributed by atoms with E-state index in [1.807, 2.05) is 0 Å². The summed E-state index contributed by atoms with van der Waals surface area (Å²) in [5.74, 6) is 0. The number of rotatable bonds is 0. The van der Waals surface area contributed by atoms with E-state index in [1.54, 1.807) is 6.07 Å². The third-order valence-corrected chi connectivity index (χ3v) is 0. The Bertz CT molecular complexity index is 36.1. The van der Waals surface area contributed by atoms with Gasteiger partial charge in [0.05, 0.1) is 6.07 Å². The first kappa shape index (κ1) is 31.7. The van der Waals surface area contributed by atoms with Crippen LogP contribution < -0.4 is 0 Å². The standard InChI is InChI=1S/C2H3N.4CH4O/c1-2-3;4*1-2/h1H3;4*2H,1H3. The summed E-state index contributed by atoms with van der Waals surface area (Å²) < 4.78 is 0. The van der Waals surface area contributed by atoms with E-state index in [-0.39, 0.29) is 0 Å². The van der Waals surface area contributed by atoms with Gasteiger partial charge in [-0.25, -0.2) is 0 Å². The molecule has 11 heavy (non-hydrogen) atoms. The quantitative estimate of drug-likeness (QED) is 0.371. The fourth-order valence-electron chi connectivity index (χ4n) is 0. The Labute approximate surface area is 68.2 Å². The maximum Gasteiger partial charge on any atom is 0.0587 e. The van der Waals surface area contributed by atoms with Crippen molar-refractivity contribution in [2.24, 2.45) is 0 Å². The third-order valence-electron chi connectivity index (χ3n) is 0. The molecule has 0 amide bonds. The molecular weight excluding hydrogens is 150 g/mol. The zero-order valence-electron chi connectivity index (χ0n) is 7.74. The molecule has 5 nitrogen and oxygen atoms in total. The van der Waals surface area contributed by atoms with E-state index in [2.05, 4.69) is 0 Å². The van der Waals surface area contributed by atoms with Gasteiger partial charge in [-0.05, 0) is 0 Å². The van der Waals surface area contributed by atoms with Gasteiger partial charge in [0.1, 0.15) is 0 Å². The predicted molar refractivity (Wildman–Crippen MR) is 43.9 cm³/mol. The van der Waals surface area contributed by atoms with Crippen molar-refractivity contribution < 1.29 is 20.4 Å². The Balaban J connectivity index is -0.0000000139. The van der Waals surface area contributed by atoms with Crippen molar-refractivity contribution in [1.82, 2.24) is 0 Å². The summed E-state index contributed by atoms with van der Waals surface area (Å²) >= 11 is 0. The Hall–Kier alpha value is -0.670. The Morgan fingerprint density at radius 1 is 0.727 bits per heavy atom. The maximum atomic E-state index is 7.32. The van der Waals surface area contributed by atoms with E-state index in [4.69, 9.17) is 25.7 Å². The van der Waals surface area contributed by atoms with E-state index in [0.717, 1.165) is 28.4 Å². The molecule has 5 heteroatoms. The second kappa shape index (κ2) is 5940. The molecule has 0 radical (unpaired) electrons. The average Bonchev–Trinajstić information content (AvgIpc) is 2.18. The molecule has 0 aliphatic carbocycles. The lowest BCUT2D eigenvalue weighted by Crippen LogP contribution is -1.25. The molecular formula is C6H19NO4. The van der Waals surface area contributed by atoms with Gasteiger partial charge in [0, 0.05) is 35.4 Å². The van der Waals surface area contributed by atoms with Crippen LogP contribution in [0.3, 0.4) is 0 Å². The highest BCUT2D eigenvalue weighted by atomic mass is 16.2. The Kier molecular flexibility index (Phi) is 17100. The van der Waals surface area contributed by atoms with Crippen LogP contribution in [0.2, 0.25) is 0 Å². The molecule has 0 aromatic carbocycles. The van der Waals surface area contributed by atoms with Crippen molar-refractivity contribution in [1.29, 1.82) is 5.26 Å². The largest absolute Gasteiger partial charge is 0.400 e. The Morgan fingerprint density at radius 2 is 0.727 bits per heavy atom. The van der Waals surface area contributed by atoms with Crippen LogP contribution in [-0.4, -0.2) is 48.9 Å². The topological polar surface area (TPSA) is 105 Å². The summed E-state index contributed by atoms with van der Waals surface area (Å²) in [6.45, 7) is 1.43. The van der Waals surface area contributed by atoms with Crippen molar-refractivity contribution in [3.63, 3.8) is 0 Å². The highest BCUT2D eigenvalue weighted by Crippen LogP contribution is 1.21. The number of aliphatic hydroxyl groups is 4. The molecule has 0 aromatic heterocycles. The summed E-state index contributed by atoms with van der Waals surface area (Å²) in [4.78, 5) is 0. The van der Waals surface area contributed by atoms with Gasteiger partial charge in [0.2, 0.25) is 0 Å². The van der Waals surface area contributed by atoms with Crippen molar-refractivity contribution >= 4 is 0 Å². The fourth-order valence-corrected chi connectivity index (χ4v) is 0. The summed E-state index contributed by atoms with van der Waals surface area (Å²) in [7, 11) is 4.00. The molecule has 0 atom stereocenters. The van der Waals surface area contributed by atoms with E-state index in [0.29, 0.717) is 0 Å². The Morgan fingerprint density at radius 3 is 0.727 bits per heavy atom. The number of hydrogen-bond acceptors (Lipinski definition) is 5. The summed E-state index contributed by atoms with van der Waals surface area (Å²) in [6.07, 6.45) is 0. The predicted octanol–water partition coefficient (Wildman–Crippen LogP) is -1.04. The van der Waals surface area contributed by atoms with E-state index in [9.17, 15) is 0 Å². The fraction of sp³-hybridized carbons (Fsp3) is 0.833. The second-order valence-corrected chi connectivity index (χ2v) is 0.224. The van der Waals surface area contributed by atoms with Crippen LogP contribution in [0.1, 0.15) is 6.92 Å². The third kappa shape index (κ3) is 1120. The van der Waals surface area contributed by atoms with Gasteiger partial charge in [-0.3, -0.25) is 0 Å². The molecule has 0 bridgehead atoms. The molecule has 0 aliphatic rings. The van der Waals surface area contributed by atoms with Crippen LogP contribution in [0.4, 0.5) is 0 Å². The lowest BCUT2D eigenvalue weighted by Gasteiger charge is -1.21. The van der Waals surface area contributed by atoms with Crippen LogP contribution in [0, 0.1) is 11.3 Å². The molecule has 0 rings (SSSR count).